The number of aromatic nitrogens is 2. The average Bonchev–Trinajstić information content (AvgIpc) is 3.19. The number of carboxylic acids is 1. The first-order valence-electron chi connectivity index (χ1n) is 8.17. The number of nitrogens with zero attached hydrogens (tertiary/aromatic N) is 4. The number of β-lactam (4-membered cyclic amide) rings is 1. The quantitative estimate of drug-likeness (QED) is 0.317. The fourth-order valence-corrected chi connectivity index (χ4v) is 5.32. The summed E-state index contributed by atoms with van der Waals surface area (Å²) in [4.78, 5) is 37.6. The van der Waals surface area contributed by atoms with E-state index < -0.39 is 47.2 Å². The minimum Gasteiger partial charge on any atom is -1.00 e. The number of thiol groups is 1. The van der Waals surface area contributed by atoms with Crippen molar-refractivity contribution in [2.45, 2.75) is 36.9 Å². The monoisotopic (exact) mass is 458 g/mol. The number of carboxylic acid groups (broad SMARTS) is 1. The Labute approximate surface area is 195 Å². The summed E-state index contributed by atoms with van der Waals surface area (Å²) in [5, 5.41) is 17.8. The van der Waals surface area contributed by atoms with Crippen LogP contribution in [0.25, 0.3) is 0 Å². The third-order valence-corrected chi connectivity index (χ3v) is 6.84. The summed E-state index contributed by atoms with van der Waals surface area (Å²) in [6, 6.07) is -2.05. The summed E-state index contributed by atoms with van der Waals surface area (Å²) >= 11 is 5.65. The molecule has 2 fully saturated rings. The molecule has 152 valence electrons. The molecule has 4 heterocycles. The molecule has 14 heteroatoms. The Morgan fingerprint density at radius 1 is 1.38 bits per heavy atom. The Kier molecular flexibility index (Phi) is 5.84. The Hall–Kier alpha value is -1.15. The molecule has 1 aromatic heterocycles. The van der Waals surface area contributed by atoms with Gasteiger partial charge in [-0.15, -0.1) is 21.5 Å². The number of amides is 2. The minimum absolute atomic E-state index is 0. The molecule has 0 aromatic carbocycles. The molecule has 0 radical (unpaired) electrons. The molecule has 8 nitrogen and oxygen atoms in total. The molecule has 29 heavy (non-hydrogen) atoms. The van der Waals surface area contributed by atoms with E-state index in [2.05, 4.69) is 22.8 Å². The SMILES string of the molecule is Cc1nnc([C@@H](S)C2=C(C(=O)O)N3C(=O)[C@@H]4[C@H]3[C@H](C2)CN4C(=O)C(F)(F)F)s1.[H-].[Na+]. The van der Waals surface area contributed by atoms with Gasteiger partial charge in [-0.25, -0.2) is 4.79 Å². The first-order valence-corrected chi connectivity index (χ1v) is 9.51. The van der Waals surface area contributed by atoms with Crippen molar-refractivity contribution < 1.29 is 63.6 Å². The van der Waals surface area contributed by atoms with Gasteiger partial charge in [0.2, 0.25) is 0 Å². The summed E-state index contributed by atoms with van der Waals surface area (Å²) in [5.41, 5.74) is -0.0157. The van der Waals surface area contributed by atoms with E-state index in [1.165, 1.54) is 11.3 Å². The van der Waals surface area contributed by atoms with Crippen LogP contribution in [0.5, 0.6) is 0 Å². The number of halogens is 3. The van der Waals surface area contributed by atoms with Gasteiger partial charge in [-0.2, -0.15) is 25.8 Å². The Balaban J connectivity index is 0.00000160. The second-order valence-corrected chi connectivity index (χ2v) is 8.53. The summed E-state index contributed by atoms with van der Waals surface area (Å²) in [6.07, 6.45) is -5.00. The van der Waals surface area contributed by atoms with Gasteiger partial charge < -0.3 is 11.4 Å². The van der Waals surface area contributed by atoms with Crippen molar-refractivity contribution in [1.29, 1.82) is 0 Å². The largest absolute Gasteiger partial charge is 1.00 e. The third-order valence-electron chi connectivity index (χ3n) is 5.20. The summed E-state index contributed by atoms with van der Waals surface area (Å²) in [6.45, 7) is 1.44. The van der Waals surface area contributed by atoms with Crippen LogP contribution in [-0.2, 0) is 14.4 Å². The van der Waals surface area contributed by atoms with E-state index >= 15 is 0 Å². The topological polar surface area (TPSA) is 104 Å². The predicted octanol–water partition coefficient (Wildman–Crippen LogP) is -1.72. The Bertz CT molecular complexity index is 943. The van der Waals surface area contributed by atoms with E-state index in [0.29, 0.717) is 14.9 Å². The number of carbonyl (C=O) groups excluding carboxylic acids is 2. The maximum absolute atomic E-state index is 12.9. The zero-order chi connectivity index (χ0) is 20.5. The zero-order valence-electron chi connectivity index (χ0n) is 16.2. The van der Waals surface area contributed by atoms with E-state index in [-0.39, 0.29) is 55.2 Å². The molecule has 2 amide bonds. The van der Waals surface area contributed by atoms with Gasteiger partial charge in [0.25, 0.3) is 5.91 Å². The van der Waals surface area contributed by atoms with Crippen molar-refractivity contribution in [3.8, 4) is 0 Å². The van der Waals surface area contributed by atoms with E-state index in [1.54, 1.807) is 6.92 Å². The van der Waals surface area contributed by atoms with Crippen molar-refractivity contribution >= 4 is 41.7 Å². The number of rotatable bonds is 3. The molecular formula is C15H14F3N4NaO4S2. The van der Waals surface area contributed by atoms with Crippen LogP contribution in [-0.4, -0.2) is 67.7 Å². The number of hydrogen-bond acceptors (Lipinski definition) is 7. The first-order chi connectivity index (χ1) is 13.0. The van der Waals surface area contributed by atoms with Crippen LogP contribution < -0.4 is 29.6 Å². The zero-order valence-corrected chi connectivity index (χ0v) is 18.9. The number of carbonyl (C=O) groups is 3. The van der Waals surface area contributed by atoms with Crippen molar-refractivity contribution in [2.75, 3.05) is 6.54 Å². The number of aryl methyl sites for hydroxylation is 1. The molecule has 3 aliphatic heterocycles. The Morgan fingerprint density at radius 2 is 2.03 bits per heavy atom. The molecule has 0 bridgehead atoms. The molecule has 0 aliphatic carbocycles. The maximum atomic E-state index is 12.9. The van der Waals surface area contributed by atoms with Crippen LogP contribution in [0.1, 0.15) is 23.1 Å². The van der Waals surface area contributed by atoms with Gasteiger partial charge in [0.05, 0.1) is 11.3 Å². The fourth-order valence-electron chi connectivity index (χ4n) is 4.16. The number of aliphatic carboxylic acids is 1. The van der Waals surface area contributed by atoms with Crippen molar-refractivity contribution in [2.24, 2.45) is 5.92 Å². The maximum Gasteiger partial charge on any atom is 1.00 e. The molecule has 4 rings (SSSR count). The van der Waals surface area contributed by atoms with E-state index in [0.717, 1.165) is 4.90 Å². The van der Waals surface area contributed by atoms with Crippen LogP contribution in [0.4, 0.5) is 13.2 Å². The summed E-state index contributed by atoms with van der Waals surface area (Å²) in [7, 11) is 0. The van der Waals surface area contributed by atoms with Crippen LogP contribution >= 0.6 is 24.0 Å². The predicted molar refractivity (Wildman–Crippen MR) is 92.4 cm³/mol. The van der Waals surface area contributed by atoms with Gasteiger partial charge >= 0.3 is 47.6 Å². The van der Waals surface area contributed by atoms with Crippen molar-refractivity contribution in [1.82, 2.24) is 20.0 Å². The number of alkyl halides is 3. The molecule has 4 atom stereocenters. The normalized spacial score (nSPS) is 26.7. The molecule has 1 N–H and O–H groups in total. The minimum atomic E-state index is -5.10. The van der Waals surface area contributed by atoms with Gasteiger partial charge in [-0.1, -0.05) is 0 Å². The van der Waals surface area contributed by atoms with E-state index in [9.17, 15) is 32.7 Å². The van der Waals surface area contributed by atoms with Crippen LogP contribution in [0.2, 0.25) is 0 Å². The second-order valence-electron chi connectivity index (χ2n) is 6.80. The van der Waals surface area contributed by atoms with E-state index in [1.807, 2.05) is 0 Å². The third kappa shape index (κ3) is 3.40. The molecule has 2 saturated heterocycles. The first kappa shape index (κ1) is 22.5. The Morgan fingerprint density at radius 3 is 2.55 bits per heavy atom. The fraction of sp³-hybridized carbons (Fsp3) is 0.533. The van der Waals surface area contributed by atoms with E-state index in [4.69, 9.17) is 0 Å². The van der Waals surface area contributed by atoms with Gasteiger partial charge in [0, 0.05) is 12.5 Å². The average molecular weight is 458 g/mol. The van der Waals surface area contributed by atoms with Crippen molar-refractivity contribution in [3.63, 3.8) is 0 Å². The van der Waals surface area contributed by atoms with Crippen molar-refractivity contribution in [3.05, 3.63) is 21.3 Å². The smallest absolute Gasteiger partial charge is 1.00 e. The molecule has 3 aliphatic rings. The van der Waals surface area contributed by atoms with Gasteiger partial charge in [0.1, 0.15) is 21.8 Å². The van der Waals surface area contributed by atoms with Crippen LogP contribution in [0, 0.1) is 12.8 Å². The van der Waals surface area contributed by atoms with Gasteiger partial charge in [-0.3, -0.25) is 14.5 Å². The molecule has 0 saturated carbocycles. The standard InChI is InChI=1S/C15H13F3N4O4S2.Na.H/c1-4-19-20-11(28-4)10(27)6-2-5-3-21(14(26)15(16,17)18)9-7(5)22(12(9)23)8(6)13(24)25;;/h5,7,9-10,27H,2-3H2,1H3,(H,24,25);;/q;+1;-1/t5-,7-,9+,10+;;/m1../s1. The molecule has 0 spiro atoms. The number of hydrogen-bond donors (Lipinski definition) is 2. The van der Waals surface area contributed by atoms with Gasteiger partial charge in [-0.05, 0) is 18.9 Å². The van der Waals surface area contributed by atoms with Crippen LogP contribution in [0.15, 0.2) is 11.3 Å². The van der Waals surface area contributed by atoms with Crippen LogP contribution in [0.3, 0.4) is 0 Å². The molecular weight excluding hydrogens is 444 g/mol. The summed E-state index contributed by atoms with van der Waals surface area (Å²) < 4.78 is 38.6. The second kappa shape index (κ2) is 7.52. The molecule has 0 unspecified atom stereocenters. The molecule has 1 aromatic rings. The summed E-state index contributed by atoms with van der Waals surface area (Å²) in [5.74, 6) is -4.79. The number of likely N-dealkylation sites (tertiary alicyclic amines) is 1. The van der Waals surface area contributed by atoms with Gasteiger partial charge in [0.15, 0.2) is 0 Å².